The van der Waals surface area contributed by atoms with Crippen LogP contribution < -0.4 is 5.32 Å². The second-order valence-electron chi connectivity index (χ2n) is 7.07. The van der Waals surface area contributed by atoms with Crippen LogP contribution in [0.4, 0.5) is 0 Å². The maximum atomic E-state index is 3.95. The third kappa shape index (κ3) is 4.57. The number of hydrogen-bond acceptors (Lipinski definition) is 1. The highest BCUT2D eigenvalue weighted by molar-refractivity contribution is 5.33. The van der Waals surface area contributed by atoms with Gasteiger partial charge in [-0.1, -0.05) is 121 Å². The van der Waals surface area contributed by atoms with E-state index in [1.165, 1.54) is 22.3 Å². The van der Waals surface area contributed by atoms with Crippen molar-refractivity contribution in [3.05, 3.63) is 144 Å². The van der Waals surface area contributed by atoms with Gasteiger partial charge in [-0.2, -0.15) is 0 Å². The molecule has 0 aliphatic heterocycles. The Morgan fingerprint density at radius 1 is 0.464 bits per heavy atom. The summed E-state index contributed by atoms with van der Waals surface area (Å²) < 4.78 is 0. The zero-order valence-electron chi connectivity index (χ0n) is 15.9. The molecule has 0 saturated heterocycles. The Balaban J connectivity index is 1.70. The Bertz CT molecular complexity index is 911. The number of rotatable bonds is 7. The molecule has 1 N–H and O–H groups in total. The molecular weight excluding hydrogens is 338 g/mol. The topological polar surface area (TPSA) is 12.0 Å². The maximum Gasteiger partial charge on any atom is 0.0581 e. The summed E-state index contributed by atoms with van der Waals surface area (Å²) in [6.07, 6.45) is 0.945. The molecule has 0 aliphatic carbocycles. The smallest absolute Gasteiger partial charge is 0.0581 e. The first kappa shape index (κ1) is 18.2. The molecule has 0 bridgehead atoms. The summed E-state index contributed by atoms with van der Waals surface area (Å²) in [5, 5.41) is 3.95. The van der Waals surface area contributed by atoms with E-state index in [0.717, 1.165) is 6.42 Å². The highest BCUT2D eigenvalue weighted by Crippen LogP contribution is 2.28. The average Bonchev–Trinajstić information content (AvgIpc) is 2.79. The molecule has 0 radical (unpaired) electrons. The van der Waals surface area contributed by atoms with Gasteiger partial charge in [0.1, 0.15) is 0 Å². The molecule has 4 rings (SSSR count). The first-order chi connectivity index (χ1) is 13.9. The summed E-state index contributed by atoms with van der Waals surface area (Å²) in [6, 6.07) is 43.2. The van der Waals surface area contributed by atoms with Gasteiger partial charge in [-0.15, -0.1) is 0 Å². The molecule has 1 unspecified atom stereocenters. The van der Waals surface area contributed by atoms with Crippen LogP contribution in [-0.4, -0.2) is 0 Å². The van der Waals surface area contributed by atoms with E-state index in [9.17, 15) is 0 Å². The van der Waals surface area contributed by atoms with Crippen LogP contribution in [0.1, 0.15) is 34.3 Å². The molecule has 1 heteroatoms. The molecule has 0 aliphatic rings. The minimum atomic E-state index is 0.135. The Hall–Kier alpha value is -3.16. The molecule has 0 fully saturated rings. The van der Waals surface area contributed by atoms with Crippen molar-refractivity contribution in [1.82, 2.24) is 5.32 Å². The van der Waals surface area contributed by atoms with Crippen LogP contribution in [0.3, 0.4) is 0 Å². The Morgan fingerprint density at radius 2 is 0.857 bits per heavy atom. The SMILES string of the molecule is c1ccc(CC(NC(c2ccccc2)c2ccccc2)c2ccccc2)cc1. The van der Waals surface area contributed by atoms with Gasteiger partial charge in [0, 0.05) is 6.04 Å². The summed E-state index contributed by atoms with van der Waals surface area (Å²) in [7, 11) is 0. The lowest BCUT2D eigenvalue weighted by Gasteiger charge is -2.27. The fourth-order valence-corrected chi connectivity index (χ4v) is 3.69. The van der Waals surface area contributed by atoms with Crippen molar-refractivity contribution in [1.29, 1.82) is 0 Å². The lowest BCUT2D eigenvalue weighted by atomic mass is 9.93. The highest BCUT2D eigenvalue weighted by atomic mass is 15.0. The second-order valence-corrected chi connectivity index (χ2v) is 7.07. The van der Waals surface area contributed by atoms with Crippen LogP contribution in [0.2, 0.25) is 0 Å². The molecule has 28 heavy (non-hydrogen) atoms. The molecule has 138 valence electrons. The van der Waals surface area contributed by atoms with E-state index in [-0.39, 0.29) is 12.1 Å². The summed E-state index contributed by atoms with van der Waals surface area (Å²) in [4.78, 5) is 0. The molecule has 4 aromatic carbocycles. The normalized spacial score (nSPS) is 12.0. The quantitative estimate of drug-likeness (QED) is 0.403. The summed E-state index contributed by atoms with van der Waals surface area (Å²) >= 11 is 0. The van der Waals surface area contributed by atoms with Crippen LogP contribution in [0, 0.1) is 0 Å². The van der Waals surface area contributed by atoms with Gasteiger partial charge in [0.2, 0.25) is 0 Å². The third-order valence-corrected chi connectivity index (χ3v) is 5.12. The Kier molecular flexibility index (Phi) is 5.96. The van der Waals surface area contributed by atoms with E-state index < -0.39 is 0 Å². The molecule has 0 spiro atoms. The molecule has 4 aromatic rings. The van der Waals surface area contributed by atoms with Gasteiger partial charge in [-0.05, 0) is 28.7 Å². The largest absolute Gasteiger partial charge is 0.299 e. The van der Waals surface area contributed by atoms with E-state index in [1.807, 2.05) is 0 Å². The van der Waals surface area contributed by atoms with Gasteiger partial charge in [0.25, 0.3) is 0 Å². The molecule has 1 atom stereocenters. The van der Waals surface area contributed by atoms with Crippen LogP contribution in [-0.2, 0) is 6.42 Å². The minimum absolute atomic E-state index is 0.135. The number of hydrogen-bond donors (Lipinski definition) is 1. The first-order valence-corrected chi connectivity index (χ1v) is 9.85. The number of benzene rings is 4. The Labute approximate surface area is 167 Å². The van der Waals surface area contributed by atoms with E-state index >= 15 is 0 Å². The second kappa shape index (κ2) is 9.16. The Morgan fingerprint density at radius 3 is 1.32 bits per heavy atom. The summed E-state index contributed by atoms with van der Waals surface area (Å²) in [5.41, 5.74) is 5.21. The van der Waals surface area contributed by atoms with Crippen molar-refractivity contribution < 1.29 is 0 Å². The standard InChI is InChI=1S/C27H25N/c1-5-13-22(14-6-1)21-26(23-15-7-2-8-16-23)28-27(24-17-9-3-10-18-24)25-19-11-4-12-20-25/h1-20,26-28H,21H2. The highest BCUT2D eigenvalue weighted by Gasteiger charge is 2.20. The van der Waals surface area contributed by atoms with Crippen molar-refractivity contribution in [2.75, 3.05) is 0 Å². The van der Waals surface area contributed by atoms with Crippen LogP contribution >= 0.6 is 0 Å². The monoisotopic (exact) mass is 363 g/mol. The number of nitrogens with one attached hydrogen (secondary N) is 1. The fraction of sp³-hybridized carbons (Fsp3) is 0.111. The van der Waals surface area contributed by atoms with Crippen molar-refractivity contribution in [2.24, 2.45) is 0 Å². The minimum Gasteiger partial charge on any atom is -0.299 e. The predicted octanol–water partition coefficient (Wildman–Crippen LogP) is 6.35. The van der Waals surface area contributed by atoms with Gasteiger partial charge < -0.3 is 0 Å². The first-order valence-electron chi connectivity index (χ1n) is 9.85. The van der Waals surface area contributed by atoms with Crippen molar-refractivity contribution in [3.8, 4) is 0 Å². The summed E-state index contributed by atoms with van der Waals surface area (Å²) in [5.74, 6) is 0. The van der Waals surface area contributed by atoms with E-state index in [0.29, 0.717) is 0 Å². The zero-order valence-corrected chi connectivity index (χ0v) is 15.9. The van der Waals surface area contributed by atoms with E-state index in [4.69, 9.17) is 0 Å². The third-order valence-electron chi connectivity index (χ3n) is 5.12. The van der Waals surface area contributed by atoms with Crippen molar-refractivity contribution in [2.45, 2.75) is 18.5 Å². The van der Waals surface area contributed by atoms with Crippen LogP contribution in [0.15, 0.2) is 121 Å². The lowest BCUT2D eigenvalue weighted by Crippen LogP contribution is -2.29. The molecule has 0 aromatic heterocycles. The van der Waals surface area contributed by atoms with Crippen molar-refractivity contribution in [3.63, 3.8) is 0 Å². The molecule has 0 heterocycles. The van der Waals surface area contributed by atoms with Gasteiger partial charge >= 0.3 is 0 Å². The summed E-state index contributed by atoms with van der Waals surface area (Å²) in [6.45, 7) is 0. The van der Waals surface area contributed by atoms with E-state index in [1.54, 1.807) is 0 Å². The maximum absolute atomic E-state index is 3.95. The molecule has 0 saturated carbocycles. The predicted molar refractivity (Wildman–Crippen MR) is 117 cm³/mol. The van der Waals surface area contributed by atoms with Gasteiger partial charge in [0.05, 0.1) is 6.04 Å². The lowest BCUT2D eigenvalue weighted by molar-refractivity contribution is 0.483. The van der Waals surface area contributed by atoms with Crippen molar-refractivity contribution >= 4 is 0 Å². The molecule has 0 amide bonds. The average molecular weight is 364 g/mol. The zero-order chi connectivity index (χ0) is 19.0. The van der Waals surface area contributed by atoms with E-state index in [2.05, 4.69) is 127 Å². The van der Waals surface area contributed by atoms with Crippen LogP contribution in [0.5, 0.6) is 0 Å². The van der Waals surface area contributed by atoms with Gasteiger partial charge in [0.15, 0.2) is 0 Å². The van der Waals surface area contributed by atoms with Crippen LogP contribution in [0.25, 0.3) is 0 Å². The van der Waals surface area contributed by atoms with Gasteiger partial charge in [-0.3, -0.25) is 5.32 Å². The fourth-order valence-electron chi connectivity index (χ4n) is 3.69. The molecule has 1 nitrogen and oxygen atoms in total. The molecular formula is C27H25N. The van der Waals surface area contributed by atoms with Gasteiger partial charge in [-0.25, -0.2) is 0 Å².